The summed E-state index contributed by atoms with van der Waals surface area (Å²) < 4.78 is 21.3. The monoisotopic (exact) mass is 644 g/mol. The number of anilines is 2. The summed E-state index contributed by atoms with van der Waals surface area (Å²) in [5, 5.41) is 0. The molecule has 3 rings (SSSR count). The molecule has 0 unspecified atom stereocenters. The van der Waals surface area contributed by atoms with Crippen molar-refractivity contribution in [3.8, 4) is 11.5 Å². The number of benzene rings is 3. The van der Waals surface area contributed by atoms with Crippen LogP contribution < -0.4 is 20.9 Å². The van der Waals surface area contributed by atoms with E-state index < -0.39 is 17.9 Å². The maximum atomic E-state index is 12.4. The van der Waals surface area contributed by atoms with E-state index in [0.717, 1.165) is 57.8 Å². The molecule has 0 spiro atoms. The number of hydrogen-bond acceptors (Lipinski definition) is 10. The largest absolute Gasteiger partial charge is 0.462 e. The Morgan fingerprint density at radius 2 is 1.15 bits per heavy atom. The zero-order valence-corrected chi connectivity index (χ0v) is 26.9. The highest BCUT2D eigenvalue weighted by atomic mass is 16.5. The van der Waals surface area contributed by atoms with Crippen LogP contribution in [-0.2, 0) is 19.1 Å². The Morgan fingerprint density at radius 3 is 1.74 bits per heavy atom. The van der Waals surface area contributed by atoms with Gasteiger partial charge in [0.05, 0.1) is 24.3 Å². The molecule has 4 N–H and O–H groups in total. The Kier molecular flexibility index (Phi) is 15.5. The standard InChI is InChI=1S/C37H44N2O8/c1-2-3-4-8-11-34(40)46-32-17-19-33(20-18-32)47-35(41)21-14-27-12-15-28(16-13-27)36(42)44-22-9-6-5-7-10-23-45-37(43)29-24-30(38)26-31(39)25-29/h12-21,24-26H,2-11,22-23,38-39H2,1H3. The van der Waals surface area contributed by atoms with Gasteiger partial charge >= 0.3 is 23.9 Å². The molecule has 0 aliphatic rings. The van der Waals surface area contributed by atoms with Crippen molar-refractivity contribution >= 4 is 41.3 Å². The number of unbranched alkanes of at least 4 members (excludes halogenated alkanes) is 7. The average Bonchev–Trinajstić information content (AvgIpc) is 3.05. The average molecular weight is 645 g/mol. The topological polar surface area (TPSA) is 157 Å². The van der Waals surface area contributed by atoms with Crippen molar-refractivity contribution in [2.45, 2.75) is 71.1 Å². The van der Waals surface area contributed by atoms with Crippen molar-refractivity contribution in [1.29, 1.82) is 0 Å². The molecule has 0 aliphatic carbocycles. The lowest BCUT2D eigenvalue weighted by Crippen LogP contribution is -2.08. The lowest BCUT2D eigenvalue weighted by atomic mass is 10.1. The molecule has 0 aliphatic heterocycles. The number of carbonyl (C=O) groups excluding carboxylic acids is 4. The van der Waals surface area contributed by atoms with E-state index >= 15 is 0 Å². The third kappa shape index (κ3) is 14.2. The molecule has 0 atom stereocenters. The summed E-state index contributed by atoms with van der Waals surface area (Å²) in [6.45, 7) is 2.73. The second-order valence-corrected chi connectivity index (χ2v) is 11.1. The van der Waals surface area contributed by atoms with Crippen LogP contribution >= 0.6 is 0 Å². The molecule has 0 radical (unpaired) electrons. The summed E-state index contributed by atoms with van der Waals surface area (Å²) in [6, 6.07) is 17.6. The Balaban J connectivity index is 1.27. The molecule has 0 saturated heterocycles. The van der Waals surface area contributed by atoms with Gasteiger partial charge in [-0.15, -0.1) is 0 Å². The Bertz CT molecular complexity index is 1460. The fraction of sp³-hybridized carbons (Fsp3) is 0.351. The summed E-state index contributed by atoms with van der Waals surface area (Å²) in [4.78, 5) is 48.6. The van der Waals surface area contributed by atoms with Crippen LogP contribution in [0.4, 0.5) is 11.4 Å². The number of nitrogens with two attached hydrogens (primary N) is 2. The smallest absolute Gasteiger partial charge is 0.338 e. The van der Waals surface area contributed by atoms with Crippen molar-refractivity contribution in [3.63, 3.8) is 0 Å². The molecule has 0 bridgehead atoms. The summed E-state index contributed by atoms with van der Waals surface area (Å²) in [5.41, 5.74) is 13.7. The van der Waals surface area contributed by atoms with Gasteiger partial charge in [0.2, 0.25) is 0 Å². The van der Waals surface area contributed by atoms with E-state index in [4.69, 9.17) is 30.4 Å². The number of esters is 4. The molecule has 0 heterocycles. The third-order valence-corrected chi connectivity index (χ3v) is 7.03. The molecule has 0 saturated carbocycles. The van der Waals surface area contributed by atoms with Crippen LogP contribution in [0, 0.1) is 0 Å². The second kappa shape index (κ2) is 20.1. The first kappa shape index (κ1) is 36.3. The van der Waals surface area contributed by atoms with Crippen LogP contribution in [0.25, 0.3) is 6.08 Å². The van der Waals surface area contributed by atoms with Gasteiger partial charge in [0.15, 0.2) is 0 Å². The van der Waals surface area contributed by atoms with E-state index in [-0.39, 0.29) is 5.97 Å². The zero-order chi connectivity index (χ0) is 33.9. The van der Waals surface area contributed by atoms with Crippen molar-refractivity contribution in [1.82, 2.24) is 0 Å². The van der Waals surface area contributed by atoms with Crippen LogP contribution in [0.3, 0.4) is 0 Å². The van der Waals surface area contributed by atoms with Gasteiger partial charge in [-0.1, -0.05) is 57.6 Å². The van der Waals surface area contributed by atoms with Crippen molar-refractivity contribution in [2.75, 3.05) is 24.7 Å². The number of carbonyl (C=O) groups is 4. The lowest BCUT2D eigenvalue weighted by Gasteiger charge is -2.07. The van der Waals surface area contributed by atoms with Crippen LogP contribution in [0.15, 0.2) is 72.8 Å². The van der Waals surface area contributed by atoms with Gasteiger partial charge < -0.3 is 30.4 Å². The van der Waals surface area contributed by atoms with E-state index in [1.807, 2.05) is 0 Å². The van der Waals surface area contributed by atoms with E-state index in [0.29, 0.717) is 59.2 Å². The molecule has 0 fully saturated rings. The first-order valence-electron chi connectivity index (χ1n) is 16.0. The van der Waals surface area contributed by atoms with Gasteiger partial charge in [-0.2, -0.15) is 0 Å². The molecule has 10 heteroatoms. The van der Waals surface area contributed by atoms with Crippen LogP contribution in [-0.4, -0.2) is 37.1 Å². The minimum absolute atomic E-state index is 0.280. The predicted octanol–water partition coefficient (Wildman–Crippen LogP) is 7.31. The van der Waals surface area contributed by atoms with Gasteiger partial charge in [0, 0.05) is 23.9 Å². The summed E-state index contributed by atoms with van der Waals surface area (Å²) in [7, 11) is 0. The maximum absolute atomic E-state index is 12.4. The quantitative estimate of drug-likeness (QED) is 0.0446. The van der Waals surface area contributed by atoms with E-state index in [9.17, 15) is 19.2 Å². The normalized spacial score (nSPS) is 10.8. The van der Waals surface area contributed by atoms with Gasteiger partial charge in [0.1, 0.15) is 11.5 Å². The third-order valence-electron chi connectivity index (χ3n) is 7.03. The second-order valence-electron chi connectivity index (χ2n) is 11.1. The van der Waals surface area contributed by atoms with Crippen LogP contribution in [0.1, 0.15) is 97.4 Å². The Labute approximate surface area is 276 Å². The minimum atomic E-state index is -0.571. The van der Waals surface area contributed by atoms with Crippen LogP contribution in [0.2, 0.25) is 0 Å². The molecule has 250 valence electrons. The molecule has 47 heavy (non-hydrogen) atoms. The van der Waals surface area contributed by atoms with Crippen LogP contribution in [0.5, 0.6) is 11.5 Å². The maximum Gasteiger partial charge on any atom is 0.338 e. The first-order chi connectivity index (χ1) is 22.7. The fourth-order valence-electron chi connectivity index (χ4n) is 4.52. The number of hydrogen-bond donors (Lipinski definition) is 2. The van der Waals surface area contributed by atoms with E-state index in [1.54, 1.807) is 60.7 Å². The number of ether oxygens (including phenoxy) is 4. The molecule has 0 aromatic heterocycles. The zero-order valence-electron chi connectivity index (χ0n) is 26.9. The molecule has 10 nitrogen and oxygen atoms in total. The van der Waals surface area contributed by atoms with Gasteiger partial charge in [-0.3, -0.25) is 4.79 Å². The van der Waals surface area contributed by atoms with Crippen molar-refractivity contribution in [3.05, 3.63) is 89.5 Å². The SMILES string of the molecule is CCCCCCC(=O)Oc1ccc(OC(=O)C=Cc2ccc(C(=O)OCCCCCCCOC(=O)c3cc(N)cc(N)c3)cc2)cc1. The molecule has 0 amide bonds. The van der Waals surface area contributed by atoms with Gasteiger partial charge in [0.25, 0.3) is 0 Å². The fourth-order valence-corrected chi connectivity index (χ4v) is 4.52. The van der Waals surface area contributed by atoms with Gasteiger partial charge in [-0.05, 0) is 85.5 Å². The number of nitrogen functional groups attached to an aromatic ring is 2. The van der Waals surface area contributed by atoms with Gasteiger partial charge in [-0.25, -0.2) is 14.4 Å². The van der Waals surface area contributed by atoms with E-state index in [2.05, 4.69) is 6.92 Å². The molecular weight excluding hydrogens is 600 g/mol. The Hall–Kier alpha value is -5.12. The van der Waals surface area contributed by atoms with Crippen molar-refractivity contribution < 1.29 is 38.1 Å². The summed E-state index contributed by atoms with van der Waals surface area (Å²) in [6.07, 6.45) is 11.4. The Morgan fingerprint density at radius 1 is 0.617 bits per heavy atom. The van der Waals surface area contributed by atoms with E-state index in [1.165, 1.54) is 18.2 Å². The summed E-state index contributed by atoms with van der Waals surface area (Å²) >= 11 is 0. The first-order valence-corrected chi connectivity index (χ1v) is 16.0. The molecule has 3 aromatic rings. The highest BCUT2D eigenvalue weighted by Crippen LogP contribution is 2.19. The molecule has 3 aromatic carbocycles. The lowest BCUT2D eigenvalue weighted by molar-refractivity contribution is -0.134. The minimum Gasteiger partial charge on any atom is -0.462 e. The molecular formula is C37H44N2O8. The summed E-state index contributed by atoms with van der Waals surface area (Å²) in [5.74, 6) is -0.998. The highest BCUT2D eigenvalue weighted by molar-refractivity contribution is 5.92. The number of rotatable bonds is 19. The predicted molar refractivity (Wildman–Crippen MR) is 181 cm³/mol. The highest BCUT2D eigenvalue weighted by Gasteiger charge is 2.10. The van der Waals surface area contributed by atoms with Crippen molar-refractivity contribution in [2.24, 2.45) is 0 Å².